The Balaban J connectivity index is 1.92. The van der Waals surface area contributed by atoms with Crippen LogP contribution in [-0.2, 0) is 10.5 Å². The molecule has 0 aliphatic heterocycles. The second-order valence-electron chi connectivity index (χ2n) is 5.25. The van der Waals surface area contributed by atoms with Gasteiger partial charge in [0.05, 0.1) is 12.5 Å². The van der Waals surface area contributed by atoms with Gasteiger partial charge in [-0.3, -0.25) is 4.79 Å². The van der Waals surface area contributed by atoms with E-state index in [1.54, 1.807) is 11.8 Å². The highest BCUT2D eigenvalue weighted by atomic mass is 32.2. The second-order valence-corrected chi connectivity index (χ2v) is 6.36. The Morgan fingerprint density at radius 1 is 1.30 bits per heavy atom. The van der Waals surface area contributed by atoms with Gasteiger partial charge in [0, 0.05) is 11.7 Å². The molecule has 20 heavy (non-hydrogen) atoms. The average Bonchev–Trinajstić information content (AvgIpc) is 2.78. The summed E-state index contributed by atoms with van der Waals surface area (Å²) in [7, 11) is 0. The van der Waals surface area contributed by atoms with Gasteiger partial charge in [-0.2, -0.15) is 0 Å². The maximum absolute atomic E-state index is 10.9. The van der Waals surface area contributed by atoms with Crippen molar-refractivity contribution in [2.24, 2.45) is 11.8 Å². The topological polar surface area (TPSA) is 57.5 Å². The third-order valence-electron chi connectivity index (χ3n) is 3.88. The molecule has 1 aromatic rings. The van der Waals surface area contributed by atoms with E-state index < -0.39 is 12.1 Å². The van der Waals surface area contributed by atoms with E-state index >= 15 is 0 Å². The molecule has 0 spiro atoms. The van der Waals surface area contributed by atoms with Crippen molar-refractivity contribution in [1.82, 2.24) is 0 Å². The summed E-state index contributed by atoms with van der Waals surface area (Å²) >= 11 is 1.66. The van der Waals surface area contributed by atoms with Crippen LogP contribution in [0.25, 0.3) is 0 Å². The predicted molar refractivity (Wildman–Crippen MR) is 81.4 cm³/mol. The smallest absolute Gasteiger partial charge is 0.303 e. The zero-order chi connectivity index (χ0) is 14.5. The first-order chi connectivity index (χ1) is 9.58. The highest BCUT2D eigenvalue weighted by Crippen LogP contribution is 2.43. The van der Waals surface area contributed by atoms with Crippen molar-refractivity contribution in [3.8, 4) is 0 Å². The summed E-state index contributed by atoms with van der Waals surface area (Å²) in [6.45, 7) is 4.10. The number of carboxylic acids is 1. The van der Waals surface area contributed by atoms with Crippen molar-refractivity contribution in [3.63, 3.8) is 0 Å². The molecule has 2 N–H and O–H groups in total. The number of carboxylic acid groups (broad SMARTS) is 1. The number of carbonyl (C=O) groups is 1. The van der Waals surface area contributed by atoms with Crippen LogP contribution in [0.1, 0.15) is 24.8 Å². The van der Waals surface area contributed by atoms with Crippen LogP contribution in [0.4, 0.5) is 0 Å². The first kappa shape index (κ1) is 15.1. The maximum atomic E-state index is 10.9. The van der Waals surface area contributed by atoms with Gasteiger partial charge in [-0.25, -0.2) is 0 Å². The number of benzene rings is 1. The lowest BCUT2D eigenvalue weighted by Gasteiger charge is -2.22. The van der Waals surface area contributed by atoms with Crippen molar-refractivity contribution in [2.75, 3.05) is 0 Å². The van der Waals surface area contributed by atoms with Gasteiger partial charge in [-0.15, -0.1) is 11.8 Å². The van der Waals surface area contributed by atoms with E-state index in [4.69, 9.17) is 5.11 Å². The monoisotopic (exact) mass is 292 g/mol. The van der Waals surface area contributed by atoms with Gasteiger partial charge < -0.3 is 10.2 Å². The summed E-state index contributed by atoms with van der Waals surface area (Å²) in [4.78, 5) is 11.9. The molecule has 0 saturated heterocycles. The summed E-state index contributed by atoms with van der Waals surface area (Å²) in [6.07, 6.45) is 1.02. The van der Waals surface area contributed by atoms with E-state index in [1.807, 2.05) is 18.2 Å². The molecule has 3 nitrogen and oxygen atoms in total. The summed E-state index contributed by atoms with van der Waals surface area (Å²) in [5.41, 5.74) is 1.23. The third-order valence-corrected chi connectivity index (χ3v) is 5.03. The van der Waals surface area contributed by atoms with Crippen molar-refractivity contribution >= 4 is 17.7 Å². The Hall–Kier alpha value is -1.26. The number of aliphatic hydroxyl groups is 1. The Labute approximate surface area is 123 Å². The summed E-state index contributed by atoms with van der Waals surface area (Å²) in [6, 6.07) is 10.1. The Morgan fingerprint density at radius 3 is 2.65 bits per heavy atom. The van der Waals surface area contributed by atoms with E-state index in [2.05, 4.69) is 18.7 Å². The molecular weight excluding hydrogens is 272 g/mol. The van der Waals surface area contributed by atoms with E-state index in [0.29, 0.717) is 6.42 Å². The second kappa shape index (κ2) is 6.95. The first-order valence-electron chi connectivity index (χ1n) is 6.83. The van der Waals surface area contributed by atoms with Gasteiger partial charge in [0.2, 0.25) is 0 Å². The Morgan fingerprint density at radius 2 is 2.00 bits per heavy atom. The highest BCUT2D eigenvalue weighted by Gasteiger charge is 2.37. The van der Waals surface area contributed by atoms with Crippen molar-refractivity contribution in [2.45, 2.75) is 31.1 Å². The van der Waals surface area contributed by atoms with E-state index in [9.17, 15) is 9.90 Å². The number of hydrogen-bond acceptors (Lipinski definition) is 3. The van der Waals surface area contributed by atoms with Crippen LogP contribution in [-0.4, -0.2) is 22.3 Å². The molecule has 0 radical (unpaired) electrons. The lowest BCUT2D eigenvalue weighted by Crippen LogP contribution is -2.22. The van der Waals surface area contributed by atoms with Gasteiger partial charge in [-0.05, 0) is 29.2 Å². The van der Waals surface area contributed by atoms with Gasteiger partial charge >= 0.3 is 5.97 Å². The summed E-state index contributed by atoms with van der Waals surface area (Å²) in [5, 5.41) is 18.9. The number of rotatable bonds is 6. The maximum Gasteiger partial charge on any atom is 0.303 e. The number of hydrogen-bond donors (Lipinski definition) is 2. The normalized spacial score (nSPS) is 25.6. The molecule has 3 atom stereocenters. The molecule has 0 amide bonds. The first-order valence-corrected chi connectivity index (χ1v) is 7.82. The zero-order valence-corrected chi connectivity index (χ0v) is 12.2. The van der Waals surface area contributed by atoms with Crippen LogP contribution in [0.2, 0.25) is 0 Å². The molecular formula is C16H20O3S. The Bertz CT molecular complexity index is 472. The van der Waals surface area contributed by atoms with E-state index in [0.717, 1.165) is 17.1 Å². The van der Waals surface area contributed by atoms with Crippen LogP contribution in [0, 0.1) is 11.8 Å². The molecule has 0 heterocycles. The minimum Gasteiger partial charge on any atom is -0.481 e. The minimum atomic E-state index is -0.846. The van der Waals surface area contributed by atoms with Gasteiger partial charge in [0.1, 0.15) is 0 Å². The van der Waals surface area contributed by atoms with Crippen LogP contribution in [0.15, 0.2) is 41.8 Å². The van der Waals surface area contributed by atoms with Crippen molar-refractivity contribution < 1.29 is 15.0 Å². The molecule has 0 aromatic heterocycles. The summed E-state index contributed by atoms with van der Waals surface area (Å²) < 4.78 is 0. The molecule has 0 bridgehead atoms. The molecule has 108 valence electrons. The average molecular weight is 292 g/mol. The van der Waals surface area contributed by atoms with E-state index in [1.165, 1.54) is 5.56 Å². The third kappa shape index (κ3) is 3.87. The molecule has 1 saturated carbocycles. The standard InChI is InChI=1S/C16H20O3S/c1-11(20-10-12-5-3-2-4-6-12)13-7-8-15(17)14(13)9-16(18)19/h2-6,13-15,17H,1,7-10H2,(H,18,19)/t13-,14-,15+/m1/s1. The van der Waals surface area contributed by atoms with Gasteiger partial charge in [0.15, 0.2) is 0 Å². The van der Waals surface area contributed by atoms with Crippen molar-refractivity contribution in [3.05, 3.63) is 47.4 Å². The van der Waals surface area contributed by atoms with Crippen LogP contribution < -0.4 is 0 Å². The number of thioether (sulfide) groups is 1. The van der Waals surface area contributed by atoms with Gasteiger partial charge in [-0.1, -0.05) is 36.9 Å². The number of aliphatic hydroxyl groups excluding tert-OH is 1. The van der Waals surface area contributed by atoms with Crippen LogP contribution in [0.5, 0.6) is 0 Å². The van der Waals surface area contributed by atoms with Crippen LogP contribution in [0.3, 0.4) is 0 Å². The van der Waals surface area contributed by atoms with Crippen molar-refractivity contribution in [1.29, 1.82) is 0 Å². The number of allylic oxidation sites excluding steroid dienone is 1. The lowest BCUT2D eigenvalue weighted by molar-refractivity contribution is -0.139. The Kier molecular flexibility index (Phi) is 5.26. The fraction of sp³-hybridized carbons (Fsp3) is 0.438. The molecule has 1 aliphatic carbocycles. The number of aliphatic carboxylic acids is 1. The quantitative estimate of drug-likeness (QED) is 0.844. The van der Waals surface area contributed by atoms with Crippen LogP contribution >= 0.6 is 11.8 Å². The molecule has 1 aromatic carbocycles. The fourth-order valence-electron chi connectivity index (χ4n) is 2.78. The SMILES string of the molecule is C=C(SCc1ccccc1)[C@H]1CC[C@H](O)[C@@H]1CC(=O)O. The largest absolute Gasteiger partial charge is 0.481 e. The predicted octanol–water partition coefficient (Wildman–Crippen LogP) is 3.30. The fourth-order valence-corrected chi connectivity index (χ4v) is 3.83. The molecule has 4 heteroatoms. The molecule has 0 unspecified atom stereocenters. The zero-order valence-electron chi connectivity index (χ0n) is 11.4. The summed E-state index contributed by atoms with van der Waals surface area (Å²) in [5.74, 6) is -0.0913. The lowest BCUT2D eigenvalue weighted by atomic mass is 9.91. The van der Waals surface area contributed by atoms with E-state index in [-0.39, 0.29) is 18.3 Å². The van der Waals surface area contributed by atoms with Gasteiger partial charge in [0.25, 0.3) is 0 Å². The minimum absolute atomic E-state index is 0.0246. The highest BCUT2D eigenvalue weighted by molar-refractivity contribution is 8.02. The molecule has 1 fully saturated rings. The molecule has 2 rings (SSSR count). The molecule has 1 aliphatic rings.